The van der Waals surface area contributed by atoms with E-state index in [2.05, 4.69) is 26.9 Å². The van der Waals surface area contributed by atoms with Gasteiger partial charge < -0.3 is 14.7 Å². The van der Waals surface area contributed by atoms with Crippen molar-refractivity contribution in [2.45, 2.75) is 16.2 Å². The van der Waals surface area contributed by atoms with Gasteiger partial charge in [0, 0.05) is 64.6 Å². The monoisotopic (exact) mass is 671 g/mol. The zero-order valence-electron chi connectivity index (χ0n) is 27.0. The van der Waals surface area contributed by atoms with Crippen LogP contribution in [0.5, 0.6) is 0 Å². The lowest BCUT2D eigenvalue weighted by Crippen LogP contribution is -2.45. The topological polar surface area (TPSA) is 84.5 Å². The van der Waals surface area contributed by atoms with Gasteiger partial charge >= 0.3 is 0 Å². The summed E-state index contributed by atoms with van der Waals surface area (Å²) in [4.78, 5) is 6.41. The smallest absolute Gasteiger partial charge is 0.266 e. The molecule has 2 aliphatic rings. The summed E-state index contributed by atoms with van der Waals surface area (Å²) in [5.41, 5.74) is 3.63. The van der Waals surface area contributed by atoms with Gasteiger partial charge in [-0.05, 0) is 67.6 Å². The Balaban J connectivity index is 1.57. The first-order chi connectivity index (χ1) is 22.6. The average molecular weight is 672 g/mol. The van der Waals surface area contributed by atoms with Gasteiger partial charge in [-0.25, -0.2) is 16.8 Å². The van der Waals surface area contributed by atoms with Crippen molar-refractivity contribution in [2.75, 3.05) is 78.8 Å². The number of likely N-dealkylation sites (N-methyl/N-ethyl adjacent to an activating group) is 1. The molecule has 2 heterocycles. The molecule has 0 spiro atoms. The molecule has 6 rings (SSSR count). The molecular formula is C36H41N5O4S2. The summed E-state index contributed by atoms with van der Waals surface area (Å²) >= 11 is 0. The molecule has 0 N–H and O–H groups in total. The van der Waals surface area contributed by atoms with Crippen LogP contribution in [0.4, 0.5) is 22.7 Å². The van der Waals surface area contributed by atoms with E-state index in [1.807, 2.05) is 43.4 Å². The van der Waals surface area contributed by atoms with Crippen LogP contribution in [0, 0.1) is 0 Å². The maximum Gasteiger partial charge on any atom is 0.266 e. The van der Waals surface area contributed by atoms with Crippen LogP contribution in [0.15, 0.2) is 119 Å². The molecule has 1 saturated heterocycles. The Bertz CT molecular complexity index is 1940. The van der Waals surface area contributed by atoms with Crippen molar-refractivity contribution < 1.29 is 16.8 Å². The second-order valence-corrected chi connectivity index (χ2v) is 15.9. The Morgan fingerprint density at radius 1 is 0.596 bits per heavy atom. The summed E-state index contributed by atoms with van der Waals surface area (Å²) in [6.45, 7) is 4.43. The van der Waals surface area contributed by atoms with Gasteiger partial charge in [-0.2, -0.15) is 0 Å². The van der Waals surface area contributed by atoms with Crippen molar-refractivity contribution >= 4 is 42.8 Å². The highest BCUT2D eigenvalue weighted by atomic mass is 32.2. The molecule has 2 aliphatic heterocycles. The highest BCUT2D eigenvalue weighted by molar-refractivity contribution is 7.93. The molecule has 11 heteroatoms. The first kappa shape index (κ1) is 32.6. The molecule has 0 aromatic heterocycles. The normalized spacial score (nSPS) is 15.9. The Hall–Kier alpha value is -4.32. The number of hydrogen-bond acceptors (Lipinski definition) is 7. The zero-order valence-corrected chi connectivity index (χ0v) is 28.7. The summed E-state index contributed by atoms with van der Waals surface area (Å²) in [6, 6.07) is 28.7. The molecule has 0 atom stereocenters. The van der Waals surface area contributed by atoms with E-state index in [-0.39, 0.29) is 9.79 Å². The van der Waals surface area contributed by atoms with Gasteiger partial charge in [-0.3, -0.25) is 8.61 Å². The van der Waals surface area contributed by atoms with Gasteiger partial charge in [-0.1, -0.05) is 60.7 Å². The molecule has 9 nitrogen and oxygen atoms in total. The number of rotatable bonds is 9. The third kappa shape index (κ3) is 6.60. The Morgan fingerprint density at radius 2 is 1.15 bits per heavy atom. The van der Waals surface area contributed by atoms with Gasteiger partial charge in [0.25, 0.3) is 20.0 Å². The molecular weight excluding hydrogens is 631 g/mol. The minimum Gasteiger partial charge on any atom is -0.368 e. The quantitative estimate of drug-likeness (QED) is 0.217. The largest absolute Gasteiger partial charge is 0.368 e. The Kier molecular flexibility index (Phi) is 9.32. The standard InChI is InChI=1S/C36H41N5O4S2/c1-37-23-25-41(26-24-37)34-27-33(29-17-19-32(20-18-29)40-21-11-6-12-22-40)35(46(42,43)38(2)30-13-7-4-8-14-30)28-36(34)47(44,45)39(3)31-15-9-5-10-16-31/h4-11,13-20,27-28H,12,21-26H2,1-3H3. The fourth-order valence-electron chi connectivity index (χ4n) is 6.07. The molecule has 4 aromatic carbocycles. The van der Waals surface area contributed by atoms with E-state index in [0.717, 1.165) is 38.3 Å². The first-order valence-corrected chi connectivity index (χ1v) is 18.7. The molecule has 246 valence electrons. The van der Waals surface area contributed by atoms with Crippen molar-refractivity contribution in [3.8, 4) is 11.1 Å². The highest BCUT2D eigenvalue weighted by Crippen LogP contribution is 2.41. The maximum atomic E-state index is 14.6. The molecule has 0 radical (unpaired) electrons. The van der Waals surface area contributed by atoms with Crippen molar-refractivity contribution in [3.63, 3.8) is 0 Å². The van der Waals surface area contributed by atoms with Crippen LogP contribution in [-0.2, 0) is 20.0 Å². The van der Waals surface area contributed by atoms with Crippen molar-refractivity contribution in [3.05, 3.63) is 109 Å². The molecule has 1 fully saturated rings. The number of para-hydroxylation sites is 2. The highest BCUT2D eigenvalue weighted by Gasteiger charge is 2.34. The van der Waals surface area contributed by atoms with Gasteiger partial charge in [-0.15, -0.1) is 0 Å². The van der Waals surface area contributed by atoms with E-state index in [1.165, 1.54) is 28.8 Å². The predicted molar refractivity (Wildman–Crippen MR) is 192 cm³/mol. The van der Waals surface area contributed by atoms with Crippen LogP contribution >= 0.6 is 0 Å². The van der Waals surface area contributed by atoms with E-state index in [1.54, 1.807) is 54.6 Å². The summed E-state index contributed by atoms with van der Waals surface area (Å²) in [5.74, 6) is 0. The maximum absolute atomic E-state index is 14.6. The zero-order chi connectivity index (χ0) is 33.2. The predicted octanol–water partition coefficient (Wildman–Crippen LogP) is 5.52. The molecule has 0 unspecified atom stereocenters. The molecule has 0 saturated carbocycles. The molecule has 4 aromatic rings. The van der Waals surface area contributed by atoms with E-state index in [9.17, 15) is 16.8 Å². The first-order valence-electron chi connectivity index (χ1n) is 15.8. The number of benzene rings is 4. The van der Waals surface area contributed by atoms with E-state index >= 15 is 0 Å². The molecule has 0 bridgehead atoms. The molecule has 47 heavy (non-hydrogen) atoms. The van der Waals surface area contributed by atoms with Crippen molar-refractivity contribution in [2.24, 2.45) is 0 Å². The van der Waals surface area contributed by atoms with Gasteiger partial charge in [0.05, 0.1) is 22.0 Å². The molecule has 0 aliphatic carbocycles. The Labute approximate surface area is 279 Å². The number of hydrogen-bond donors (Lipinski definition) is 0. The van der Waals surface area contributed by atoms with Crippen LogP contribution in [0.2, 0.25) is 0 Å². The van der Waals surface area contributed by atoms with Gasteiger partial charge in [0.1, 0.15) is 4.90 Å². The minimum absolute atomic E-state index is 0.0473. The summed E-state index contributed by atoms with van der Waals surface area (Å²) in [5, 5.41) is 0. The van der Waals surface area contributed by atoms with Gasteiger partial charge in [0.2, 0.25) is 0 Å². The van der Waals surface area contributed by atoms with Crippen LogP contribution < -0.4 is 18.4 Å². The lowest BCUT2D eigenvalue weighted by molar-refractivity contribution is 0.312. The van der Waals surface area contributed by atoms with Crippen LogP contribution in [-0.4, -0.2) is 82.1 Å². The van der Waals surface area contributed by atoms with Crippen molar-refractivity contribution in [1.29, 1.82) is 0 Å². The molecule has 0 amide bonds. The fraction of sp³-hybridized carbons (Fsp3) is 0.278. The van der Waals surface area contributed by atoms with Crippen LogP contribution in [0.3, 0.4) is 0 Å². The Morgan fingerprint density at radius 3 is 1.68 bits per heavy atom. The van der Waals surface area contributed by atoms with Gasteiger partial charge in [0.15, 0.2) is 0 Å². The SMILES string of the molecule is CN1CCN(c2cc(-c3ccc(N4CC=CCC4)cc3)c(S(=O)(=O)N(C)c3ccccc3)cc2S(=O)(=O)N(C)c2ccccc2)CC1. The minimum atomic E-state index is -4.23. The van der Waals surface area contributed by atoms with Crippen LogP contribution in [0.25, 0.3) is 11.1 Å². The average Bonchev–Trinajstić information content (AvgIpc) is 3.12. The second kappa shape index (κ2) is 13.4. The number of nitrogens with zero attached hydrogens (tertiary/aromatic N) is 5. The number of anilines is 4. The van der Waals surface area contributed by atoms with E-state index in [4.69, 9.17) is 0 Å². The van der Waals surface area contributed by atoms with E-state index in [0.29, 0.717) is 41.3 Å². The summed E-state index contributed by atoms with van der Waals surface area (Å²) in [7, 11) is -3.38. The van der Waals surface area contributed by atoms with Crippen LogP contribution in [0.1, 0.15) is 6.42 Å². The third-order valence-corrected chi connectivity index (χ3v) is 12.7. The van der Waals surface area contributed by atoms with E-state index < -0.39 is 20.0 Å². The summed E-state index contributed by atoms with van der Waals surface area (Å²) < 4.78 is 60.6. The van der Waals surface area contributed by atoms with Crippen molar-refractivity contribution in [1.82, 2.24) is 4.90 Å². The second-order valence-electron chi connectivity index (χ2n) is 12.0. The lowest BCUT2D eigenvalue weighted by Gasteiger charge is -2.36. The number of sulfonamides is 2. The lowest BCUT2D eigenvalue weighted by atomic mass is 10.0. The third-order valence-electron chi connectivity index (χ3n) is 9.02. The number of piperazine rings is 1. The summed E-state index contributed by atoms with van der Waals surface area (Å²) in [6.07, 6.45) is 5.29. The fourth-order valence-corrected chi connectivity index (χ4v) is 8.97.